The van der Waals surface area contributed by atoms with Gasteiger partial charge >= 0.3 is 0 Å². The molecule has 5 heteroatoms. The van der Waals surface area contributed by atoms with Gasteiger partial charge in [0.25, 0.3) is 0 Å². The normalized spacial score (nSPS) is 11.0. The fourth-order valence-electron chi connectivity index (χ4n) is 2.64. The van der Waals surface area contributed by atoms with Gasteiger partial charge in [0.05, 0.1) is 18.3 Å². The minimum Gasteiger partial charge on any atom is -0.467 e. The lowest BCUT2D eigenvalue weighted by molar-refractivity contribution is 0.481. The van der Waals surface area contributed by atoms with Gasteiger partial charge in [-0.05, 0) is 36.4 Å². The van der Waals surface area contributed by atoms with Crippen LogP contribution in [-0.4, -0.2) is 15.0 Å². The molecule has 2 aromatic carbocycles. The van der Waals surface area contributed by atoms with Crippen LogP contribution in [-0.2, 0) is 13.2 Å². The second kappa shape index (κ2) is 5.96. The number of para-hydroxylation sites is 2. The van der Waals surface area contributed by atoms with Gasteiger partial charge in [-0.3, -0.25) is 0 Å². The fraction of sp³-hybridized carbons (Fsp3) is 0.111. The van der Waals surface area contributed by atoms with Crippen LogP contribution >= 0.6 is 0 Å². The minimum atomic E-state index is 0.602. The second-order valence-electron chi connectivity index (χ2n) is 5.33. The Balaban J connectivity index is 1.67. The fourth-order valence-corrected chi connectivity index (χ4v) is 2.64. The van der Waals surface area contributed by atoms with Crippen molar-refractivity contribution in [2.45, 2.75) is 13.2 Å². The van der Waals surface area contributed by atoms with E-state index in [1.54, 1.807) is 6.26 Å². The van der Waals surface area contributed by atoms with Crippen molar-refractivity contribution < 1.29 is 4.42 Å². The lowest BCUT2D eigenvalue weighted by Gasteiger charge is -2.23. The third-order valence-corrected chi connectivity index (χ3v) is 3.77. The van der Waals surface area contributed by atoms with Crippen LogP contribution in [0.15, 0.2) is 77.4 Å². The van der Waals surface area contributed by atoms with E-state index < -0.39 is 0 Å². The first kappa shape index (κ1) is 13.6. The molecule has 0 bridgehead atoms. The number of nitrogens with zero attached hydrogens (tertiary/aromatic N) is 4. The molecule has 2 aromatic heterocycles. The zero-order valence-corrected chi connectivity index (χ0v) is 12.5. The molecule has 4 rings (SSSR count). The monoisotopic (exact) mass is 304 g/mol. The Morgan fingerprint density at radius 3 is 2.57 bits per heavy atom. The first-order chi connectivity index (χ1) is 11.4. The first-order valence-corrected chi connectivity index (χ1v) is 7.51. The van der Waals surface area contributed by atoms with Gasteiger partial charge in [-0.1, -0.05) is 35.5 Å². The summed E-state index contributed by atoms with van der Waals surface area (Å²) >= 11 is 0. The van der Waals surface area contributed by atoms with Crippen LogP contribution in [0.3, 0.4) is 0 Å². The molecule has 2 heterocycles. The maximum absolute atomic E-state index is 5.51. The highest BCUT2D eigenvalue weighted by atomic mass is 16.3. The SMILES string of the molecule is c1ccc(N(Cc2ccco2)Cn2nnc3ccccc32)cc1. The quantitative estimate of drug-likeness (QED) is 0.564. The topological polar surface area (TPSA) is 47.1 Å². The predicted molar refractivity (Wildman–Crippen MR) is 88.9 cm³/mol. The minimum absolute atomic E-state index is 0.602. The number of hydrogen-bond donors (Lipinski definition) is 0. The number of aromatic nitrogens is 3. The Bertz CT molecular complexity index is 884. The molecular weight excluding hydrogens is 288 g/mol. The summed E-state index contributed by atoms with van der Waals surface area (Å²) in [4.78, 5) is 2.21. The van der Waals surface area contributed by atoms with Gasteiger partial charge < -0.3 is 9.32 Å². The largest absolute Gasteiger partial charge is 0.467 e. The molecule has 0 unspecified atom stereocenters. The maximum Gasteiger partial charge on any atom is 0.123 e. The van der Waals surface area contributed by atoms with E-state index in [4.69, 9.17) is 4.42 Å². The standard InChI is InChI=1S/C18H16N4O/c1-2-7-15(8-3-1)21(13-16-9-6-12-23-16)14-22-18-11-5-4-10-17(18)19-20-22/h1-12H,13-14H2. The summed E-state index contributed by atoms with van der Waals surface area (Å²) in [6, 6.07) is 22.1. The van der Waals surface area contributed by atoms with E-state index in [1.165, 1.54) is 0 Å². The summed E-state index contributed by atoms with van der Waals surface area (Å²) in [7, 11) is 0. The van der Waals surface area contributed by atoms with Crippen molar-refractivity contribution in [1.29, 1.82) is 0 Å². The summed E-state index contributed by atoms with van der Waals surface area (Å²) in [6.07, 6.45) is 1.70. The Kier molecular flexibility index (Phi) is 3.52. The number of hydrogen-bond acceptors (Lipinski definition) is 4. The van der Waals surface area contributed by atoms with Crippen molar-refractivity contribution in [3.63, 3.8) is 0 Å². The molecule has 0 spiro atoms. The Morgan fingerprint density at radius 2 is 1.74 bits per heavy atom. The van der Waals surface area contributed by atoms with Gasteiger partial charge in [0.1, 0.15) is 17.9 Å². The third kappa shape index (κ3) is 2.81. The zero-order valence-electron chi connectivity index (χ0n) is 12.5. The van der Waals surface area contributed by atoms with Crippen molar-refractivity contribution in [3.8, 4) is 0 Å². The van der Waals surface area contributed by atoms with Crippen molar-refractivity contribution in [1.82, 2.24) is 15.0 Å². The summed E-state index contributed by atoms with van der Waals surface area (Å²) < 4.78 is 7.41. The van der Waals surface area contributed by atoms with Gasteiger partial charge in [0, 0.05) is 5.69 Å². The van der Waals surface area contributed by atoms with Gasteiger partial charge in [0.15, 0.2) is 0 Å². The van der Waals surface area contributed by atoms with Gasteiger partial charge in [-0.2, -0.15) is 0 Å². The molecule has 0 aliphatic rings. The zero-order chi connectivity index (χ0) is 15.5. The van der Waals surface area contributed by atoms with E-state index in [2.05, 4.69) is 27.3 Å². The van der Waals surface area contributed by atoms with E-state index in [0.29, 0.717) is 13.2 Å². The van der Waals surface area contributed by atoms with Crippen LogP contribution in [0, 0.1) is 0 Å². The molecule has 0 amide bonds. The first-order valence-electron chi connectivity index (χ1n) is 7.51. The average molecular weight is 304 g/mol. The number of fused-ring (bicyclic) bond motifs is 1. The van der Waals surface area contributed by atoms with Crippen LogP contribution in [0.1, 0.15) is 5.76 Å². The van der Waals surface area contributed by atoms with Crippen LogP contribution in [0.5, 0.6) is 0 Å². The van der Waals surface area contributed by atoms with Crippen LogP contribution in [0.4, 0.5) is 5.69 Å². The number of rotatable bonds is 5. The summed E-state index contributed by atoms with van der Waals surface area (Å²) in [5.41, 5.74) is 3.04. The van der Waals surface area contributed by atoms with Crippen LogP contribution < -0.4 is 4.90 Å². The summed E-state index contributed by atoms with van der Waals surface area (Å²) in [5.74, 6) is 0.915. The highest BCUT2D eigenvalue weighted by Gasteiger charge is 2.12. The van der Waals surface area contributed by atoms with Gasteiger partial charge in [-0.15, -0.1) is 5.10 Å². The van der Waals surface area contributed by atoms with Crippen molar-refractivity contribution in [2.75, 3.05) is 4.90 Å². The Hall–Kier alpha value is -3.08. The number of benzene rings is 2. The lowest BCUT2D eigenvalue weighted by atomic mass is 10.3. The second-order valence-corrected chi connectivity index (χ2v) is 5.33. The maximum atomic E-state index is 5.51. The highest BCUT2D eigenvalue weighted by Crippen LogP contribution is 2.19. The molecule has 0 aliphatic carbocycles. The van der Waals surface area contributed by atoms with Crippen LogP contribution in [0.2, 0.25) is 0 Å². The Labute approximate surface area is 133 Å². The van der Waals surface area contributed by atoms with E-state index in [0.717, 1.165) is 22.5 Å². The molecule has 0 aliphatic heterocycles. The molecule has 114 valence electrons. The summed E-state index contributed by atoms with van der Waals surface area (Å²) in [6.45, 7) is 1.27. The van der Waals surface area contributed by atoms with E-state index in [1.807, 2.05) is 59.3 Å². The third-order valence-electron chi connectivity index (χ3n) is 3.77. The molecule has 5 nitrogen and oxygen atoms in total. The highest BCUT2D eigenvalue weighted by molar-refractivity contribution is 5.73. The lowest BCUT2D eigenvalue weighted by Crippen LogP contribution is -2.26. The smallest absolute Gasteiger partial charge is 0.123 e. The molecule has 0 atom stereocenters. The van der Waals surface area contributed by atoms with Gasteiger partial charge in [-0.25, -0.2) is 4.68 Å². The van der Waals surface area contributed by atoms with E-state index in [9.17, 15) is 0 Å². The molecule has 0 radical (unpaired) electrons. The number of furan rings is 1. The molecular formula is C18H16N4O. The predicted octanol–water partition coefficient (Wildman–Crippen LogP) is 3.69. The van der Waals surface area contributed by atoms with Gasteiger partial charge in [0.2, 0.25) is 0 Å². The molecule has 0 saturated carbocycles. The van der Waals surface area contributed by atoms with E-state index in [-0.39, 0.29) is 0 Å². The molecule has 4 aromatic rings. The van der Waals surface area contributed by atoms with Crippen molar-refractivity contribution >= 4 is 16.7 Å². The van der Waals surface area contributed by atoms with E-state index >= 15 is 0 Å². The average Bonchev–Trinajstić information content (AvgIpc) is 3.25. The summed E-state index contributed by atoms with van der Waals surface area (Å²) in [5, 5.41) is 8.51. The van der Waals surface area contributed by atoms with Crippen molar-refractivity contribution in [2.24, 2.45) is 0 Å². The van der Waals surface area contributed by atoms with Crippen molar-refractivity contribution in [3.05, 3.63) is 78.8 Å². The Morgan fingerprint density at radius 1 is 0.913 bits per heavy atom. The molecule has 23 heavy (non-hydrogen) atoms. The molecule has 0 N–H and O–H groups in total. The van der Waals surface area contributed by atoms with Crippen LogP contribution in [0.25, 0.3) is 11.0 Å². The number of anilines is 1. The molecule has 0 saturated heterocycles. The molecule has 0 fully saturated rings.